The van der Waals surface area contributed by atoms with Gasteiger partial charge in [-0.15, -0.1) is 0 Å². The Balaban J connectivity index is 1.56. The second-order valence-electron chi connectivity index (χ2n) is 8.47. The first kappa shape index (κ1) is 17.9. The summed E-state index contributed by atoms with van der Waals surface area (Å²) in [6.45, 7) is 3.33. The molecular formula is C20H29FN4O. The average molecular weight is 360 g/mol. The lowest BCUT2D eigenvalue weighted by molar-refractivity contribution is -0.153. The topological polar surface area (TPSA) is 39.7 Å². The first-order valence-corrected chi connectivity index (χ1v) is 9.80. The van der Waals surface area contributed by atoms with Crippen molar-refractivity contribution in [3.8, 4) is 0 Å². The van der Waals surface area contributed by atoms with Gasteiger partial charge in [-0.25, -0.2) is 4.39 Å². The molecule has 0 N–H and O–H groups in total. The van der Waals surface area contributed by atoms with Crippen LogP contribution in [0.5, 0.6) is 0 Å². The summed E-state index contributed by atoms with van der Waals surface area (Å²) in [6.07, 6.45) is 5.67. The van der Waals surface area contributed by atoms with Crippen LogP contribution < -0.4 is 0 Å². The van der Waals surface area contributed by atoms with Gasteiger partial charge in [0.15, 0.2) is 0 Å². The fourth-order valence-corrected chi connectivity index (χ4v) is 5.36. The van der Waals surface area contributed by atoms with Gasteiger partial charge in [0.2, 0.25) is 5.91 Å². The maximum Gasteiger partial charge on any atom is 0.223 e. The fraction of sp³-hybridized carbons (Fsp3) is 0.700. The summed E-state index contributed by atoms with van der Waals surface area (Å²) in [5, 5.41) is 0. The van der Waals surface area contributed by atoms with E-state index >= 15 is 0 Å². The minimum absolute atomic E-state index is 0.220. The minimum atomic E-state index is -0.220. The van der Waals surface area contributed by atoms with Gasteiger partial charge in [-0.1, -0.05) is 0 Å². The highest BCUT2D eigenvalue weighted by Gasteiger charge is 2.49. The number of amides is 1. The van der Waals surface area contributed by atoms with Gasteiger partial charge in [0.05, 0.1) is 5.69 Å². The van der Waals surface area contributed by atoms with Crippen LogP contribution in [0.15, 0.2) is 18.3 Å². The van der Waals surface area contributed by atoms with E-state index in [4.69, 9.17) is 0 Å². The van der Waals surface area contributed by atoms with Crippen LogP contribution in [0.2, 0.25) is 0 Å². The van der Waals surface area contributed by atoms with E-state index in [1.54, 1.807) is 12.3 Å². The van der Waals surface area contributed by atoms with E-state index in [2.05, 4.69) is 33.8 Å². The molecule has 0 aliphatic carbocycles. The molecule has 0 spiro atoms. The Hall–Kier alpha value is -1.53. The van der Waals surface area contributed by atoms with Crippen LogP contribution in [-0.2, 0) is 11.3 Å². The molecule has 26 heavy (non-hydrogen) atoms. The molecule has 0 unspecified atom stereocenters. The van der Waals surface area contributed by atoms with Gasteiger partial charge in [0, 0.05) is 50.9 Å². The predicted octanol–water partition coefficient (Wildman–Crippen LogP) is 1.98. The Kier molecular flexibility index (Phi) is 4.97. The summed E-state index contributed by atoms with van der Waals surface area (Å²) in [6, 6.07) is 3.76. The summed E-state index contributed by atoms with van der Waals surface area (Å²) in [5.74, 6) is 1.08. The predicted molar refractivity (Wildman–Crippen MR) is 97.9 cm³/mol. The van der Waals surface area contributed by atoms with Crippen molar-refractivity contribution in [3.05, 3.63) is 29.8 Å². The Labute approximate surface area is 155 Å². The summed E-state index contributed by atoms with van der Waals surface area (Å²) < 4.78 is 14.1. The molecule has 3 aliphatic rings. The molecule has 4 atom stereocenters. The number of pyridine rings is 1. The van der Waals surface area contributed by atoms with E-state index < -0.39 is 0 Å². The van der Waals surface area contributed by atoms with Crippen LogP contribution in [0.4, 0.5) is 4.39 Å². The smallest absolute Gasteiger partial charge is 0.223 e. The van der Waals surface area contributed by atoms with Crippen molar-refractivity contribution in [2.75, 3.05) is 33.7 Å². The number of fused-ring (bicyclic) bond motifs is 4. The quantitative estimate of drug-likeness (QED) is 0.823. The summed E-state index contributed by atoms with van der Waals surface area (Å²) in [4.78, 5) is 23.7. The number of carbonyl (C=O) groups is 1. The number of hydrogen-bond acceptors (Lipinski definition) is 4. The van der Waals surface area contributed by atoms with Crippen LogP contribution in [0, 0.1) is 17.7 Å². The first-order chi connectivity index (χ1) is 12.5. The standard InChI is InChI=1S/C20H29FN4O/c1-23(2)13-19-15-9-14(18-6-3-7-20(26)25(18)19)10-24(11-15)12-17-16(21)5-4-8-22-17/h4-5,8,14-15,18-19H,3,6-7,9-13H2,1-2H3/t14-,15+,18+,19+/m1/s1. The fourth-order valence-electron chi connectivity index (χ4n) is 5.36. The van der Waals surface area contributed by atoms with E-state index in [0.717, 1.165) is 32.5 Å². The molecule has 1 aromatic rings. The molecule has 6 heteroatoms. The van der Waals surface area contributed by atoms with Gasteiger partial charge in [0.25, 0.3) is 0 Å². The van der Waals surface area contributed by atoms with Gasteiger partial charge in [0.1, 0.15) is 5.82 Å². The lowest BCUT2D eigenvalue weighted by atomic mass is 9.72. The van der Waals surface area contributed by atoms with E-state index in [1.165, 1.54) is 12.5 Å². The highest BCUT2D eigenvalue weighted by molar-refractivity contribution is 5.78. The van der Waals surface area contributed by atoms with Gasteiger partial charge in [-0.05, 0) is 57.3 Å². The zero-order chi connectivity index (χ0) is 18.3. The Morgan fingerprint density at radius 2 is 2.12 bits per heavy atom. The average Bonchev–Trinajstić information content (AvgIpc) is 2.60. The van der Waals surface area contributed by atoms with Crippen LogP contribution >= 0.6 is 0 Å². The summed E-state index contributed by atoms with van der Waals surface area (Å²) >= 11 is 0. The zero-order valence-electron chi connectivity index (χ0n) is 15.8. The number of piperidine rings is 3. The lowest BCUT2D eigenvalue weighted by Crippen LogP contribution is -2.66. The van der Waals surface area contributed by atoms with Crippen LogP contribution in [0.3, 0.4) is 0 Å². The number of halogens is 1. The zero-order valence-corrected chi connectivity index (χ0v) is 15.8. The van der Waals surface area contributed by atoms with E-state index in [-0.39, 0.29) is 11.9 Å². The first-order valence-electron chi connectivity index (χ1n) is 9.80. The van der Waals surface area contributed by atoms with Crippen molar-refractivity contribution in [3.63, 3.8) is 0 Å². The molecule has 3 saturated heterocycles. The third-order valence-electron chi connectivity index (χ3n) is 6.33. The van der Waals surface area contributed by atoms with Crippen molar-refractivity contribution in [1.29, 1.82) is 0 Å². The van der Waals surface area contributed by atoms with Crippen molar-refractivity contribution < 1.29 is 9.18 Å². The number of likely N-dealkylation sites (N-methyl/N-ethyl adjacent to an activating group) is 1. The molecule has 4 rings (SSSR count). The highest BCUT2D eigenvalue weighted by Crippen LogP contribution is 2.42. The van der Waals surface area contributed by atoms with E-state index in [9.17, 15) is 9.18 Å². The maximum atomic E-state index is 14.1. The summed E-state index contributed by atoms with van der Waals surface area (Å²) in [7, 11) is 4.17. The van der Waals surface area contributed by atoms with Crippen LogP contribution in [-0.4, -0.2) is 71.4 Å². The molecular weight excluding hydrogens is 331 g/mol. The Morgan fingerprint density at radius 3 is 2.88 bits per heavy atom. The summed E-state index contributed by atoms with van der Waals surface area (Å²) in [5.41, 5.74) is 0.535. The molecule has 0 saturated carbocycles. The van der Waals surface area contributed by atoms with Gasteiger partial charge in [-0.3, -0.25) is 14.7 Å². The molecule has 4 heterocycles. The molecule has 2 bridgehead atoms. The van der Waals surface area contributed by atoms with Gasteiger partial charge in [-0.2, -0.15) is 0 Å². The molecule has 3 fully saturated rings. The molecule has 142 valence electrons. The van der Waals surface area contributed by atoms with Crippen molar-refractivity contribution in [1.82, 2.24) is 19.7 Å². The lowest BCUT2D eigenvalue weighted by Gasteiger charge is -2.57. The molecule has 0 aromatic carbocycles. The maximum absolute atomic E-state index is 14.1. The largest absolute Gasteiger partial charge is 0.335 e. The number of carbonyl (C=O) groups excluding carboxylic acids is 1. The molecule has 3 aliphatic heterocycles. The van der Waals surface area contributed by atoms with Crippen molar-refractivity contribution >= 4 is 5.91 Å². The third kappa shape index (κ3) is 3.37. The van der Waals surface area contributed by atoms with E-state index in [0.29, 0.717) is 42.4 Å². The normalized spacial score (nSPS) is 32.0. The highest BCUT2D eigenvalue weighted by atomic mass is 19.1. The minimum Gasteiger partial charge on any atom is -0.335 e. The number of likely N-dealkylation sites (tertiary alicyclic amines) is 1. The van der Waals surface area contributed by atoms with Crippen molar-refractivity contribution in [2.24, 2.45) is 11.8 Å². The molecule has 1 aromatic heterocycles. The Bertz CT molecular complexity index is 667. The van der Waals surface area contributed by atoms with Crippen molar-refractivity contribution in [2.45, 2.75) is 44.3 Å². The monoisotopic (exact) mass is 360 g/mol. The second kappa shape index (κ2) is 7.24. The molecule has 0 radical (unpaired) electrons. The number of rotatable bonds is 4. The second-order valence-corrected chi connectivity index (χ2v) is 8.47. The SMILES string of the molecule is CN(C)C[C@H]1[C@H]2C[C@H](CN(Cc3ncccc3F)C2)[C@@H]2CCCC(=O)N21. The van der Waals surface area contributed by atoms with Crippen LogP contribution in [0.25, 0.3) is 0 Å². The Morgan fingerprint density at radius 1 is 1.31 bits per heavy atom. The number of hydrogen-bond donors (Lipinski definition) is 0. The molecule has 5 nitrogen and oxygen atoms in total. The number of nitrogens with zero attached hydrogens (tertiary/aromatic N) is 4. The van der Waals surface area contributed by atoms with Gasteiger partial charge >= 0.3 is 0 Å². The van der Waals surface area contributed by atoms with E-state index in [1.807, 2.05) is 0 Å². The van der Waals surface area contributed by atoms with Gasteiger partial charge < -0.3 is 9.80 Å². The van der Waals surface area contributed by atoms with Crippen LogP contribution in [0.1, 0.15) is 31.4 Å². The molecule has 1 amide bonds. The number of aromatic nitrogens is 1. The third-order valence-corrected chi connectivity index (χ3v) is 6.33.